The number of pyridine rings is 1. The zero-order valence-corrected chi connectivity index (χ0v) is 18.6. The number of benzene rings is 1. The van der Waals surface area contributed by atoms with Crippen LogP contribution < -0.4 is 14.4 Å². The number of aromatic nitrogens is 3. The zero-order chi connectivity index (χ0) is 22.5. The minimum absolute atomic E-state index is 0.0357. The first-order valence-corrected chi connectivity index (χ1v) is 10.6. The maximum absolute atomic E-state index is 12.9. The van der Waals surface area contributed by atoms with Gasteiger partial charge in [-0.1, -0.05) is 6.07 Å². The van der Waals surface area contributed by atoms with E-state index in [1.54, 1.807) is 26.4 Å². The average molecular weight is 434 g/mol. The lowest BCUT2D eigenvalue weighted by Crippen LogP contribution is -2.52. The molecule has 0 aliphatic carbocycles. The number of rotatable bonds is 6. The van der Waals surface area contributed by atoms with Crippen LogP contribution in [0.4, 0.5) is 5.82 Å². The molecule has 1 amide bonds. The largest absolute Gasteiger partial charge is 0.493 e. The molecule has 1 aromatic carbocycles. The van der Waals surface area contributed by atoms with Gasteiger partial charge >= 0.3 is 0 Å². The third kappa shape index (κ3) is 4.80. The number of hydrogen-bond acceptors (Lipinski definition) is 7. The Morgan fingerprint density at radius 2 is 1.72 bits per heavy atom. The first-order valence-electron chi connectivity index (χ1n) is 10.6. The number of carbonyl (C=O) groups excluding carboxylic acids is 1. The van der Waals surface area contributed by atoms with E-state index >= 15 is 0 Å². The molecule has 8 nitrogen and oxygen atoms in total. The molecule has 1 aliphatic heterocycles. The van der Waals surface area contributed by atoms with Crippen molar-refractivity contribution in [2.75, 3.05) is 38.2 Å². The van der Waals surface area contributed by atoms with Gasteiger partial charge in [-0.15, -0.1) is 10.2 Å². The lowest BCUT2D eigenvalue weighted by atomic mass is 10.2. The van der Waals surface area contributed by atoms with E-state index in [2.05, 4.69) is 20.1 Å². The van der Waals surface area contributed by atoms with Crippen molar-refractivity contribution in [1.29, 1.82) is 0 Å². The quantitative estimate of drug-likeness (QED) is 0.591. The predicted octanol–water partition coefficient (Wildman–Crippen LogP) is 2.97. The molecule has 0 radical (unpaired) electrons. The van der Waals surface area contributed by atoms with Gasteiger partial charge in [0.1, 0.15) is 0 Å². The average Bonchev–Trinajstić information content (AvgIpc) is 2.85. The van der Waals surface area contributed by atoms with Gasteiger partial charge in [-0.05, 0) is 55.8 Å². The molecule has 1 fully saturated rings. The monoisotopic (exact) mass is 433 g/mol. The van der Waals surface area contributed by atoms with Crippen molar-refractivity contribution in [2.45, 2.75) is 20.0 Å². The maximum atomic E-state index is 12.9. The third-order valence-corrected chi connectivity index (χ3v) is 5.51. The molecular formula is C24H27N5O3. The van der Waals surface area contributed by atoms with Crippen LogP contribution in [0.15, 0.2) is 54.9 Å². The second-order valence-electron chi connectivity index (χ2n) is 7.74. The van der Waals surface area contributed by atoms with Gasteiger partial charge in [0.05, 0.1) is 12.8 Å². The summed E-state index contributed by atoms with van der Waals surface area (Å²) in [5.74, 6) is 1.97. The fraction of sp³-hybridized carbons (Fsp3) is 0.333. The Bertz CT molecular complexity index is 1050. The normalized spacial score (nSPS) is 14.7. The predicted molar refractivity (Wildman–Crippen MR) is 122 cm³/mol. The SMILES string of the molecule is COc1cc(C)ccc1OC(C)C(=O)N1CCN(c2ccc(-c3ccncc3)nn2)CC1. The Labute approximate surface area is 187 Å². The van der Waals surface area contributed by atoms with E-state index in [1.165, 1.54) is 0 Å². The van der Waals surface area contributed by atoms with Crippen LogP contribution in [0.2, 0.25) is 0 Å². The van der Waals surface area contributed by atoms with Crippen LogP contribution in [0.3, 0.4) is 0 Å². The molecule has 4 rings (SSSR count). The molecule has 1 unspecified atom stereocenters. The molecule has 0 saturated carbocycles. The van der Waals surface area contributed by atoms with E-state index in [1.807, 2.05) is 54.3 Å². The van der Waals surface area contributed by atoms with E-state index in [9.17, 15) is 4.79 Å². The number of carbonyl (C=O) groups is 1. The molecule has 1 saturated heterocycles. The van der Waals surface area contributed by atoms with Crippen molar-refractivity contribution in [1.82, 2.24) is 20.1 Å². The fourth-order valence-electron chi connectivity index (χ4n) is 3.70. The standard InChI is InChI=1S/C24H27N5O3/c1-17-4-6-21(22(16-17)31-3)32-18(2)24(30)29-14-12-28(13-15-29)23-7-5-20(26-27-23)19-8-10-25-11-9-19/h4-11,16,18H,12-15H2,1-3H3. The molecule has 0 N–H and O–H groups in total. The van der Waals surface area contributed by atoms with Crippen molar-refractivity contribution >= 4 is 11.7 Å². The van der Waals surface area contributed by atoms with Crippen LogP contribution in [-0.2, 0) is 4.79 Å². The van der Waals surface area contributed by atoms with E-state index in [4.69, 9.17) is 9.47 Å². The summed E-state index contributed by atoms with van der Waals surface area (Å²) < 4.78 is 11.3. The fourth-order valence-corrected chi connectivity index (χ4v) is 3.70. The summed E-state index contributed by atoms with van der Waals surface area (Å²) >= 11 is 0. The van der Waals surface area contributed by atoms with E-state index < -0.39 is 6.10 Å². The molecule has 1 atom stereocenters. The van der Waals surface area contributed by atoms with E-state index in [0.717, 1.165) is 22.6 Å². The van der Waals surface area contributed by atoms with Crippen LogP contribution in [-0.4, -0.2) is 65.4 Å². The summed E-state index contributed by atoms with van der Waals surface area (Å²) in [5, 5.41) is 8.72. The lowest BCUT2D eigenvalue weighted by Gasteiger charge is -2.36. The number of ether oxygens (including phenoxy) is 2. The summed E-state index contributed by atoms with van der Waals surface area (Å²) in [5.41, 5.74) is 2.86. The van der Waals surface area contributed by atoms with Crippen molar-refractivity contribution in [3.63, 3.8) is 0 Å². The minimum Gasteiger partial charge on any atom is -0.493 e. The molecule has 8 heteroatoms. The van der Waals surface area contributed by atoms with Gasteiger partial charge in [0.2, 0.25) is 0 Å². The molecule has 1 aliphatic rings. The molecule has 3 heterocycles. The molecule has 0 spiro atoms. The number of aryl methyl sites for hydroxylation is 1. The van der Waals surface area contributed by atoms with Crippen LogP contribution in [0.25, 0.3) is 11.3 Å². The van der Waals surface area contributed by atoms with Crippen LogP contribution in [0.1, 0.15) is 12.5 Å². The summed E-state index contributed by atoms with van der Waals surface area (Å²) in [6.07, 6.45) is 2.87. The highest BCUT2D eigenvalue weighted by Gasteiger charge is 2.27. The van der Waals surface area contributed by atoms with Gasteiger partial charge in [-0.2, -0.15) is 0 Å². The van der Waals surface area contributed by atoms with Gasteiger partial charge < -0.3 is 19.3 Å². The van der Waals surface area contributed by atoms with E-state index in [0.29, 0.717) is 37.7 Å². The molecule has 166 valence electrons. The lowest BCUT2D eigenvalue weighted by molar-refractivity contribution is -0.138. The first kappa shape index (κ1) is 21.5. The van der Waals surface area contributed by atoms with Gasteiger partial charge in [0.15, 0.2) is 23.4 Å². The highest BCUT2D eigenvalue weighted by atomic mass is 16.5. The minimum atomic E-state index is -0.599. The summed E-state index contributed by atoms with van der Waals surface area (Å²) in [7, 11) is 1.60. The molecule has 32 heavy (non-hydrogen) atoms. The number of amides is 1. The third-order valence-electron chi connectivity index (χ3n) is 5.51. The van der Waals surface area contributed by atoms with Gasteiger partial charge in [0, 0.05) is 44.1 Å². The number of anilines is 1. The Kier molecular flexibility index (Phi) is 6.49. The van der Waals surface area contributed by atoms with E-state index in [-0.39, 0.29) is 5.91 Å². The topological polar surface area (TPSA) is 80.7 Å². The maximum Gasteiger partial charge on any atom is 0.263 e. The van der Waals surface area contributed by atoms with Crippen molar-refractivity contribution < 1.29 is 14.3 Å². The number of hydrogen-bond donors (Lipinski definition) is 0. The molecular weight excluding hydrogens is 406 g/mol. The highest BCUT2D eigenvalue weighted by molar-refractivity contribution is 5.81. The number of nitrogens with zero attached hydrogens (tertiary/aromatic N) is 5. The second-order valence-corrected chi connectivity index (χ2v) is 7.74. The van der Waals surface area contributed by atoms with Crippen molar-refractivity contribution in [3.05, 3.63) is 60.4 Å². The van der Waals surface area contributed by atoms with Crippen LogP contribution in [0, 0.1) is 6.92 Å². The molecule has 0 bridgehead atoms. The molecule has 3 aromatic rings. The van der Waals surface area contributed by atoms with Crippen LogP contribution in [0.5, 0.6) is 11.5 Å². The Morgan fingerprint density at radius 3 is 2.38 bits per heavy atom. The number of piperazine rings is 1. The Balaban J connectivity index is 1.33. The smallest absolute Gasteiger partial charge is 0.263 e. The Hall–Kier alpha value is -3.68. The van der Waals surface area contributed by atoms with Crippen LogP contribution >= 0.6 is 0 Å². The Morgan fingerprint density at radius 1 is 0.969 bits per heavy atom. The molecule has 2 aromatic heterocycles. The van der Waals surface area contributed by atoms with Crippen molar-refractivity contribution in [3.8, 4) is 22.8 Å². The number of methoxy groups -OCH3 is 1. The zero-order valence-electron chi connectivity index (χ0n) is 18.6. The van der Waals surface area contributed by atoms with Gasteiger partial charge in [-0.3, -0.25) is 9.78 Å². The van der Waals surface area contributed by atoms with Gasteiger partial charge in [-0.25, -0.2) is 0 Å². The summed E-state index contributed by atoms with van der Waals surface area (Å²) in [6, 6.07) is 13.4. The van der Waals surface area contributed by atoms with Crippen molar-refractivity contribution in [2.24, 2.45) is 0 Å². The highest BCUT2D eigenvalue weighted by Crippen LogP contribution is 2.29. The summed E-state index contributed by atoms with van der Waals surface area (Å²) in [4.78, 5) is 20.9. The van der Waals surface area contributed by atoms with Gasteiger partial charge in [0.25, 0.3) is 5.91 Å². The second kappa shape index (κ2) is 9.64. The first-order chi connectivity index (χ1) is 15.5. The summed E-state index contributed by atoms with van der Waals surface area (Å²) in [6.45, 7) is 6.34.